The number of anilines is 2. The van der Waals surface area contributed by atoms with Crippen molar-refractivity contribution in [1.82, 2.24) is 0 Å². The molecule has 1 atom stereocenters. The minimum Gasteiger partial charge on any atom is -0.325 e. The lowest BCUT2D eigenvalue weighted by atomic mass is 10.1. The maximum Gasteiger partial charge on any atom is 0.248 e. The normalized spacial score (nSPS) is 11.9. The van der Waals surface area contributed by atoms with Crippen LogP contribution < -0.4 is 10.6 Å². The van der Waals surface area contributed by atoms with Crippen LogP contribution >= 0.6 is 11.8 Å². The molecule has 2 N–H and O–H groups in total. The maximum absolute atomic E-state index is 12.8. The molecule has 0 saturated heterocycles. The van der Waals surface area contributed by atoms with Gasteiger partial charge >= 0.3 is 0 Å². The molecule has 1 unspecified atom stereocenters. The van der Waals surface area contributed by atoms with E-state index in [2.05, 4.69) is 10.6 Å². The molecular formula is C28H24N2O2S. The zero-order valence-electron chi connectivity index (χ0n) is 18.2. The Morgan fingerprint density at radius 2 is 1.55 bits per heavy atom. The Balaban J connectivity index is 1.37. The zero-order valence-corrected chi connectivity index (χ0v) is 19.0. The molecule has 0 aromatic heterocycles. The van der Waals surface area contributed by atoms with Gasteiger partial charge in [-0.2, -0.15) is 0 Å². The minimum absolute atomic E-state index is 0.0726. The van der Waals surface area contributed by atoms with E-state index in [9.17, 15) is 9.59 Å². The van der Waals surface area contributed by atoms with E-state index < -0.39 is 0 Å². The molecule has 2 amide bonds. The minimum atomic E-state index is -0.312. The molecule has 33 heavy (non-hydrogen) atoms. The van der Waals surface area contributed by atoms with Crippen molar-refractivity contribution < 1.29 is 9.59 Å². The van der Waals surface area contributed by atoms with Crippen molar-refractivity contribution in [3.8, 4) is 0 Å². The van der Waals surface area contributed by atoms with Crippen LogP contribution in [0.4, 0.5) is 11.4 Å². The molecule has 4 aromatic rings. The molecule has 4 rings (SSSR count). The van der Waals surface area contributed by atoms with Crippen LogP contribution in [0.15, 0.2) is 108 Å². The SMILES string of the molecule is CC(Sc1cccc(NC(=O)/C=C/c2ccccc2)c1)C(=O)Nc1cccc2ccccc12. The number of amides is 2. The molecule has 0 aliphatic heterocycles. The molecule has 0 heterocycles. The Kier molecular flexibility index (Phi) is 7.22. The Bertz CT molecular complexity index is 1300. The van der Waals surface area contributed by atoms with E-state index in [4.69, 9.17) is 0 Å². The van der Waals surface area contributed by atoms with Gasteiger partial charge < -0.3 is 10.6 Å². The summed E-state index contributed by atoms with van der Waals surface area (Å²) >= 11 is 1.45. The summed E-state index contributed by atoms with van der Waals surface area (Å²) in [4.78, 5) is 26.0. The molecule has 0 spiro atoms. The molecule has 0 bridgehead atoms. The molecule has 0 aliphatic rings. The average Bonchev–Trinajstić information content (AvgIpc) is 2.84. The highest BCUT2D eigenvalue weighted by Crippen LogP contribution is 2.28. The molecule has 0 saturated carbocycles. The van der Waals surface area contributed by atoms with Crippen molar-refractivity contribution in [2.75, 3.05) is 10.6 Å². The fourth-order valence-electron chi connectivity index (χ4n) is 3.39. The summed E-state index contributed by atoms with van der Waals surface area (Å²) in [6.07, 6.45) is 3.28. The summed E-state index contributed by atoms with van der Waals surface area (Å²) in [7, 11) is 0. The van der Waals surface area contributed by atoms with E-state index in [-0.39, 0.29) is 17.1 Å². The lowest BCUT2D eigenvalue weighted by Crippen LogP contribution is -2.22. The van der Waals surface area contributed by atoms with E-state index in [0.29, 0.717) is 5.69 Å². The highest BCUT2D eigenvalue weighted by molar-refractivity contribution is 8.00. The number of benzene rings is 4. The van der Waals surface area contributed by atoms with Gasteiger partial charge in [0.1, 0.15) is 0 Å². The Morgan fingerprint density at radius 1 is 0.818 bits per heavy atom. The molecule has 0 fully saturated rings. The van der Waals surface area contributed by atoms with Crippen molar-refractivity contribution in [2.24, 2.45) is 0 Å². The highest BCUT2D eigenvalue weighted by Gasteiger charge is 2.16. The first-order valence-corrected chi connectivity index (χ1v) is 11.6. The van der Waals surface area contributed by atoms with Crippen molar-refractivity contribution >= 4 is 51.8 Å². The van der Waals surface area contributed by atoms with Gasteiger partial charge in [-0.25, -0.2) is 0 Å². The van der Waals surface area contributed by atoms with Gasteiger partial charge in [-0.05, 0) is 48.2 Å². The second-order valence-corrected chi connectivity index (χ2v) is 8.95. The smallest absolute Gasteiger partial charge is 0.248 e. The fraction of sp³-hybridized carbons (Fsp3) is 0.0714. The molecule has 4 aromatic carbocycles. The number of carbonyl (C=O) groups excluding carboxylic acids is 2. The van der Waals surface area contributed by atoms with Crippen molar-refractivity contribution in [2.45, 2.75) is 17.1 Å². The topological polar surface area (TPSA) is 58.2 Å². The van der Waals surface area contributed by atoms with Gasteiger partial charge in [0, 0.05) is 27.7 Å². The van der Waals surface area contributed by atoms with E-state index in [1.807, 2.05) is 104 Å². The zero-order chi connectivity index (χ0) is 23.0. The fourth-order valence-corrected chi connectivity index (χ4v) is 4.32. The first kappa shape index (κ1) is 22.4. The number of hydrogen-bond donors (Lipinski definition) is 2. The van der Waals surface area contributed by atoms with E-state index >= 15 is 0 Å². The predicted molar refractivity (Wildman–Crippen MR) is 138 cm³/mol. The van der Waals surface area contributed by atoms with E-state index in [1.54, 1.807) is 6.08 Å². The number of nitrogens with one attached hydrogen (secondary N) is 2. The largest absolute Gasteiger partial charge is 0.325 e. The number of carbonyl (C=O) groups is 2. The van der Waals surface area contributed by atoms with Crippen LogP contribution in [0.5, 0.6) is 0 Å². The van der Waals surface area contributed by atoms with Crippen LogP contribution in [-0.4, -0.2) is 17.1 Å². The second kappa shape index (κ2) is 10.7. The molecule has 0 aliphatic carbocycles. The third kappa shape index (κ3) is 6.11. The highest BCUT2D eigenvalue weighted by atomic mass is 32.2. The van der Waals surface area contributed by atoms with Crippen LogP contribution in [0.2, 0.25) is 0 Å². The lowest BCUT2D eigenvalue weighted by molar-refractivity contribution is -0.115. The molecular weight excluding hydrogens is 428 g/mol. The summed E-state index contributed by atoms with van der Waals surface area (Å²) in [6.45, 7) is 1.87. The number of hydrogen-bond acceptors (Lipinski definition) is 3. The Labute approximate surface area is 197 Å². The van der Waals surface area contributed by atoms with Gasteiger partial charge in [-0.15, -0.1) is 11.8 Å². The summed E-state index contributed by atoms with van der Waals surface area (Å²) in [5.74, 6) is -0.278. The second-order valence-electron chi connectivity index (χ2n) is 7.54. The standard InChI is InChI=1S/C28H24N2O2S/c1-20(28(32)30-26-16-7-12-22-11-5-6-15-25(22)26)33-24-14-8-13-23(19-24)29-27(31)18-17-21-9-3-2-4-10-21/h2-20H,1H3,(H,29,31)(H,30,32)/b18-17+. The van der Waals surface area contributed by atoms with Gasteiger partial charge in [-0.3, -0.25) is 9.59 Å². The lowest BCUT2D eigenvalue weighted by Gasteiger charge is -2.14. The van der Waals surface area contributed by atoms with E-state index in [1.165, 1.54) is 17.8 Å². The average molecular weight is 453 g/mol. The summed E-state index contributed by atoms with van der Waals surface area (Å²) in [5.41, 5.74) is 2.45. The summed E-state index contributed by atoms with van der Waals surface area (Å²) in [5, 5.41) is 7.71. The van der Waals surface area contributed by atoms with Gasteiger partial charge in [0.25, 0.3) is 0 Å². The molecule has 164 valence electrons. The number of thioether (sulfide) groups is 1. The third-order valence-electron chi connectivity index (χ3n) is 5.06. The van der Waals surface area contributed by atoms with Gasteiger partial charge in [-0.1, -0.05) is 72.8 Å². The quantitative estimate of drug-likeness (QED) is 0.245. The Morgan fingerprint density at radius 3 is 2.39 bits per heavy atom. The van der Waals surface area contributed by atoms with Gasteiger partial charge in [0.15, 0.2) is 0 Å². The van der Waals surface area contributed by atoms with E-state index in [0.717, 1.165) is 26.9 Å². The third-order valence-corrected chi connectivity index (χ3v) is 6.15. The number of rotatable bonds is 7. The first-order valence-electron chi connectivity index (χ1n) is 10.7. The summed E-state index contributed by atoms with van der Waals surface area (Å²) < 4.78 is 0. The molecule has 4 nitrogen and oxygen atoms in total. The summed E-state index contributed by atoms with van der Waals surface area (Å²) in [6, 6.07) is 31.0. The van der Waals surface area contributed by atoms with Gasteiger partial charge in [0.2, 0.25) is 11.8 Å². The van der Waals surface area contributed by atoms with Crippen LogP contribution in [0, 0.1) is 0 Å². The van der Waals surface area contributed by atoms with Crippen LogP contribution in [0.1, 0.15) is 12.5 Å². The van der Waals surface area contributed by atoms with Crippen LogP contribution in [0.3, 0.4) is 0 Å². The van der Waals surface area contributed by atoms with Crippen molar-refractivity contribution in [3.63, 3.8) is 0 Å². The molecule has 0 radical (unpaired) electrons. The van der Waals surface area contributed by atoms with Crippen LogP contribution in [0.25, 0.3) is 16.8 Å². The van der Waals surface area contributed by atoms with Crippen molar-refractivity contribution in [3.05, 3.63) is 109 Å². The van der Waals surface area contributed by atoms with Crippen LogP contribution in [-0.2, 0) is 9.59 Å². The monoisotopic (exact) mass is 452 g/mol. The molecule has 5 heteroatoms. The van der Waals surface area contributed by atoms with Gasteiger partial charge in [0.05, 0.1) is 5.25 Å². The first-order chi connectivity index (χ1) is 16.1. The predicted octanol–water partition coefficient (Wildman–Crippen LogP) is 6.61. The van der Waals surface area contributed by atoms with Crippen molar-refractivity contribution in [1.29, 1.82) is 0 Å². The Hall–Kier alpha value is -3.83. The number of fused-ring (bicyclic) bond motifs is 1. The maximum atomic E-state index is 12.8.